The number of benzene rings is 1. The van der Waals surface area contributed by atoms with Crippen LogP contribution in [0.2, 0.25) is 0 Å². The minimum absolute atomic E-state index is 0.0182. The summed E-state index contributed by atoms with van der Waals surface area (Å²) < 4.78 is 22.8. The molecule has 1 saturated heterocycles. The van der Waals surface area contributed by atoms with Crippen molar-refractivity contribution in [2.45, 2.75) is 38.0 Å². The molecule has 1 aromatic carbocycles. The van der Waals surface area contributed by atoms with Crippen molar-refractivity contribution < 1.29 is 13.2 Å². The summed E-state index contributed by atoms with van der Waals surface area (Å²) in [7, 11) is -2.86. The zero-order chi connectivity index (χ0) is 16.2. The van der Waals surface area contributed by atoms with Gasteiger partial charge in [-0.3, -0.25) is 4.79 Å². The number of thioether (sulfide) groups is 1. The Morgan fingerprint density at radius 3 is 2.77 bits per heavy atom. The molecule has 0 bridgehead atoms. The fourth-order valence-corrected chi connectivity index (χ4v) is 6.08. The van der Waals surface area contributed by atoms with E-state index in [0.29, 0.717) is 12.2 Å². The SMILES string of the molecule is Cc1ccccc1C[C@@H](C)NC(=O)CS[C@@H]1CCS(=O)(=O)C1. The fourth-order valence-electron chi connectivity index (χ4n) is 2.62. The summed E-state index contributed by atoms with van der Waals surface area (Å²) in [5.41, 5.74) is 2.47. The van der Waals surface area contributed by atoms with Crippen molar-refractivity contribution in [3.8, 4) is 0 Å². The van der Waals surface area contributed by atoms with Gasteiger partial charge in [-0.2, -0.15) is 0 Å². The van der Waals surface area contributed by atoms with Crippen LogP contribution in [-0.2, 0) is 21.1 Å². The van der Waals surface area contributed by atoms with Gasteiger partial charge in [0.2, 0.25) is 5.91 Å². The Morgan fingerprint density at radius 1 is 1.41 bits per heavy atom. The Bertz CT molecular complexity index is 628. The molecule has 6 heteroatoms. The largest absolute Gasteiger partial charge is 0.353 e. The van der Waals surface area contributed by atoms with Crippen LogP contribution >= 0.6 is 11.8 Å². The summed E-state index contributed by atoms with van der Waals surface area (Å²) in [4.78, 5) is 12.0. The summed E-state index contributed by atoms with van der Waals surface area (Å²) in [6, 6.07) is 8.24. The highest BCUT2D eigenvalue weighted by molar-refractivity contribution is 8.02. The zero-order valence-corrected chi connectivity index (χ0v) is 14.7. The predicted octanol–water partition coefficient (Wildman–Crippen LogP) is 1.96. The predicted molar refractivity (Wildman–Crippen MR) is 92.0 cm³/mol. The summed E-state index contributed by atoms with van der Waals surface area (Å²) in [5, 5.41) is 3.06. The van der Waals surface area contributed by atoms with Gasteiger partial charge in [-0.15, -0.1) is 11.8 Å². The van der Waals surface area contributed by atoms with E-state index in [1.807, 2.05) is 19.1 Å². The lowest BCUT2D eigenvalue weighted by Crippen LogP contribution is -2.35. The van der Waals surface area contributed by atoms with Crippen LogP contribution in [0, 0.1) is 6.92 Å². The number of carbonyl (C=O) groups is 1. The van der Waals surface area contributed by atoms with Crippen LogP contribution in [0.3, 0.4) is 0 Å². The first-order valence-corrected chi connectivity index (χ1v) is 10.4. The van der Waals surface area contributed by atoms with E-state index in [4.69, 9.17) is 0 Å². The summed E-state index contributed by atoms with van der Waals surface area (Å²) >= 11 is 1.45. The summed E-state index contributed by atoms with van der Waals surface area (Å²) in [5.74, 6) is 0.785. The van der Waals surface area contributed by atoms with E-state index in [2.05, 4.69) is 24.4 Å². The van der Waals surface area contributed by atoms with E-state index in [1.165, 1.54) is 22.9 Å². The van der Waals surface area contributed by atoms with Crippen molar-refractivity contribution in [1.82, 2.24) is 5.32 Å². The Kier molecular flexibility index (Phi) is 5.92. The summed E-state index contributed by atoms with van der Waals surface area (Å²) in [6.07, 6.45) is 1.47. The zero-order valence-electron chi connectivity index (χ0n) is 13.0. The summed E-state index contributed by atoms with van der Waals surface area (Å²) in [6.45, 7) is 4.06. The van der Waals surface area contributed by atoms with Gasteiger partial charge in [0.15, 0.2) is 9.84 Å². The molecule has 2 rings (SSSR count). The quantitative estimate of drug-likeness (QED) is 0.859. The molecular formula is C16H23NO3S2. The number of aryl methyl sites for hydroxylation is 1. The molecule has 0 unspecified atom stereocenters. The second kappa shape index (κ2) is 7.51. The Morgan fingerprint density at radius 2 is 2.14 bits per heavy atom. The van der Waals surface area contributed by atoms with Crippen molar-refractivity contribution in [2.24, 2.45) is 0 Å². The van der Waals surface area contributed by atoms with Gasteiger partial charge < -0.3 is 5.32 Å². The van der Waals surface area contributed by atoms with E-state index in [0.717, 1.165) is 6.42 Å². The molecule has 0 aromatic heterocycles. The molecule has 4 nitrogen and oxygen atoms in total. The molecule has 0 saturated carbocycles. The monoisotopic (exact) mass is 341 g/mol. The number of rotatable bonds is 6. The molecule has 1 aliphatic rings. The molecule has 1 amide bonds. The van der Waals surface area contributed by atoms with Gasteiger partial charge in [0.05, 0.1) is 17.3 Å². The lowest BCUT2D eigenvalue weighted by atomic mass is 10.0. The number of nitrogens with one attached hydrogen (secondary N) is 1. The molecule has 0 aliphatic carbocycles. The number of hydrogen-bond donors (Lipinski definition) is 1. The van der Waals surface area contributed by atoms with Gasteiger partial charge in [-0.25, -0.2) is 8.42 Å². The van der Waals surface area contributed by atoms with Crippen LogP contribution in [0.5, 0.6) is 0 Å². The van der Waals surface area contributed by atoms with Gasteiger partial charge in [-0.1, -0.05) is 24.3 Å². The Balaban J connectivity index is 1.74. The van der Waals surface area contributed by atoms with Gasteiger partial charge in [0, 0.05) is 11.3 Å². The van der Waals surface area contributed by atoms with E-state index in [1.54, 1.807) is 0 Å². The average Bonchev–Trinajstić information content (AvgIpc) is 2.78. The van der Waals surface area contributed by atoms with Crippen LogP contribution in [0.1, 0.15) is 24.5 Å². The van der Waals surface area contributed by atoms with Crippen LogP contribution in [0.15, 0.2) is 24.3 Å². The number of sulfone groups is 1. The third kappa shape index (κ3) is 5.32. The van der Waals surface area contributed by atoms with Crippen molar-refractivity contribution in [3.63, 3.8) is 0 Å². The normalized spacial score (nSPS) is 21.5. The Labute approximate surface area is 137 Å². The van der Waals surface area contributed by atoms with Gasteiger partial charge in [0.25, 0.3) is 0 Å². The minimum Gasteiger partial charge on any atom is -0.353 e. The molecule has 1 heterocycles. The smallest absolute Gasteiger partial charge is 0.230 e. The average molecular weight is 341 g/mol. The highest BCUT2D eigenvalue weighted by Crippen LogP contribution is 2.24. The topological polar surface area (TPSA) is 63.2 Å². The number of carbonyl (C=O) groups excluding carboxylic acids is 1. The van der Waals surface area contributed by atoms with Crippen molar-refractivity contribution in [3.05, 3.63) is 35.4 Å². The molecule has 22 heavy (non-hydrogen) atoms. The molecule has 1 aliphatic heterocycles. The van der Waals surface area contributed by atoms with E-state index in [9.17, 15) is 13.2 Å². The third-order valence-electron chi connectivity index (χ3n) is 3.84. The first kappa shape index (κ1) is 17.3. The first-order chi connectivity index (χ1) is 10.4. The van der Waals surface area contributed by atoms with Crippen LogP contribution < -0.4 is 5.32 Å². The second-order valence-corrected chi connectivity index (χ2v) is 9.45. The van der Waals surface area contributed by atoms with Crippen molar-refractivity contribution in [2.75, 3.05) is 17.3 Å². The minimum atomic E-state index is -2.86. The van der Waals surface area contributed by atoms with Gasteiger partial charge in [0.1, 0.15) is 0 Å². The second-order valence-electron chi connectivity index (χ2n) is 5.94. The lowest BCUT2D eigenvalue weighted by molar-refractivity contribution is -0.119. The van der Waals surface area contributed by atoms with Gasteiger partial charge in [-0.05, 0) is 37.8 Å². The highest BCUT2D eigenvalue weighted by Gasteiger charge is 2.28. The maximum absolute atomic E-state index is 12.0. The highest BCUT2D eigenvalue weighted by atomic mass is 32.2. The molecule has 0 spiro atoms. The molecule has 1 N–H and O–H groups in total. The Hall–Kier alpha value is -1.01. The molecule has 0 radical (unpaired) electrons. The van der Waals surface area contributed by atoms with E-state index in [-0.39, 0.29) is 28.7 Å². The molecule has 2 atom stereocenters. The van der Waals surface area contributed by atoms with Gasteiger partial charge >= 0.3 is 0 Å². The maximum Gasteiger partial charge on any atom is 0.230 e. The van der Waals surface area contributed by atoms with Crippen LogP contribution in [0.4, 0.5) is 0 Å². The maximum atomic E-state index is 12.0. The van der Waals surface area contributed by atoms with Crippen LogP contribution in [-0.4, -0.2) is 42.9 Å². The van der Waals surface area contributed by atoms with E-state index >= 15 is 0 Å². The molecule has 122 valence electrons. The fraction of sp³-hybridized carbons (Fsp3) is 0.562. The first-order valence-electron chi connectivity index (χ1n) is 7.51. The van der Waals surface area contributed by atoms with E-state index < -0.39 is 9.84 Å². The number of hydrogen-bond acceptors (Lipinski definition) is 4. The standard InChI is InChI=1S/C16H23NO3S2/c1-12-5-3-4-6-14(12)9-13(2)17-16(18)10-21-15-7-8-22(19,20)11-15/h3-6,13,15H,7-11H2,1-2H3,(H,17,18)/t13-,15-/m1/s1. The van der Waals surface area contributed by atoms with Crippen molar-refractivity contribution in [1.29, 1.82) is 0 Å². The third-order valence-corrected chi connectivity index (χ3v) is 7.12. The van der Waals surface area contributed by atoms with Crippen molar-refractivity contribution >= 4 is 27.5 Å². The lowest BCUT2D eigenvalue weighted by Gasteiger charge is -2.16. The number of amides is 1. The van der Waals surface area contributed by atoms with Crippen LogP contribution in [0.25, 0.3) is 0 Å². The molecule has 1 fully saturated rings. The molecule has 1 aromatic rings. The molecular weight excluding hydrogens is 318 g/mol.